The van der Waals surface area contributed by atoms with Crippen molar-refractivity contribution in [3.05, 3.63) is 21.5 Å². The molecule has 6 heteroatoms. The van der Waals surface area contributed by atoms with Crippen molar-refractivity contribution in [2.75, 3.05) is 11.5 Å². The number of aryl methyl sites for hydroxylation is 1. The first-order valence-electron chi connectivity index (χ1n) is 7.79. The topological polar surface area (TPSA) is 51.8 Å². The highest BCUT2D eigenvalue weighted by molar-refractivity contribution is 9.11. The van der Waals surface area contributed by atoms with Crippen molar-refractivity contribution in [1.29, 1.82) is 0 Å². The van der Waals surface area contributed by atoms with Crippen molar-refractivity contribution >= 4 is 55.1 Å². The molecule has 1 aliphatic rings. The Labute approximate surface area is 154 Å². The molecule has 0 fully saturated rings. The molecule has 0 aliphatic heterocycles. The van der Waals surface area contributed by atoms with E-state index in [-0.39, 0.29) is 0 Å². The van der Waals surface area contributed by atoms with E-state index in [4.69, 9.17) is 10.7 Å². The number of thioether (sulfide) groups is 1. The number of thiophene rings is 1. The van der Waals surface area contributed by atoms with Crippen LogP contribution in [-0.4, -0.2) is 15.7 Å². The Balaban J connectivity index is 1.97. The molecule has 1 atom stereocenters. The van der Waals surface area contributed by atoms with Crippen LogP contribution in [0.15, 0.2) is 16.2 Å². The summed E-state index contributed by atoms with van der Waals surface area (Å²) in [6.07, 6.45) is 3.46. The first-order chi connectivity index (χ1) is 10.8. The van der Waals surface area contributed by atoms with E-state index in [1.54, 1.807) is 23.1 Å². The van der Waals surface area contributed by atoms with Gasteiger partial charge in [-0.2, -0.15) is 0 Å². The Kier molecular flexibility index (Phi) is 4.78. The minimum Gasteiger partial charge on any atom is -0.383 e. The van der Waals surface area contributed by atoms with Gasteiger partial charge in [0.05, 0.1) is 5.39 Å². The number of hydrogen-bond donors (Lipinski definition) is 1. The van der Waals surface area contributed by atoms with Crippen LogP contribution < -0.4 is 5.73 Å². The van der Waals surface area contributed by atoms with Crippen LogP contribution in [0.5, 0.6) is 0 Å². The molecule has 3 nitrogen and oxygen atoms in total. The Bertz CT molecular complexity index is 761. The summed E-state index contributed by atoms with van der Waals surface area (Å²) in [4.78, 5) is 11.7. The van der Waals surface area contributed by atoms with Gasteiger partial charge in [-0.15, -0.1) is 11.3 Å². The van der Waals surface area contributed by atoms with E-state index in [1.807, 2.05) is 0 Å². The van der Waals surface area contributed by atoms with Gasteiger partial charge in [0, 0.05) is 10.6 Å². The standard InChI is InChI=1S/C17H22BrN3S2/c1-9(18)8-22-16-20-14(19)13-11-6-5-10(17(2,3)4)7-12(11)23-15(13)21-16/h10H,1,5-8H2,2-4H3,(H2,19,20,21). The lowest BCUT2D eigenvalue weighted by Crippen LogP contribution is -2.26. The van der Waals surface area contributed by atoms with Gasteiger partial charge in [-0.05, 0) is 40.6 Å². The van der Waals surface area contributed by atoms with Gasteiger partial charge in [-0.1, -0.05) is 55.0 Å². The number of rotatable bonds is 3. The number of nitrogens with zero attached hydrogens (tertiary/aromatic N) is 2. The lowest BCUT2D eigenvalue weighted by atomic mass is 9.72. The largest absolute Gasteiger partial charge is 0.383 e. The van der Waals surface area contributed by atoms with Crippen molar-refractivity contribution in [3.8, 4) is 0 Å². The smallest absolute Gasteiger partial charge is 0.191 e. The van der Waals surface area contributed by atoms with Crippen molar-refractivity contribution in [3.63, 3.8) is 0 Å². The maximum absolute atomic E-state index is 6.26. The number of anilines is 1. The third-order valence-corrected chi connectivity index (χ3v) is 7.23. The van der Waals surface area contributed by atoms with Gasteiger partial charge in [-0.3, -0.25) is 0 Å². The molecule has 23 heavy (non-hydrogen) atoms. The molecule has 124 valence electrons. The SMILES string of the molecule is C=C(Br)CSc1nc(N)c2c3c(sc2n1)CC(C(C)(C)C)CC3. The molecular formula is C17H22BrN3S2. The van der Waals surface area contributed by atoms with E-state index in [0.29, 0.717) is 11.2 Å². The average Bonchev–Trinajstić information content (AvgIpc) is 2.81. The highest BCUT2D eigenvalue weighted by atomic mass is 79.9. The molecule has 1 aliphatic carbocycles. The highest BCUT2D eigenvalue weighted by Crippen LogP contribution is 2.44. The predicted octanol–water partition coefficient (Wildman–Crippen LogP) is 5.43. The van der Waals surface area contributed by atoms with Gasteiger partial charge >= 0.3 is 0 Å². The fourth-order valence-corrected chi connectivity index (χ4v) is 5.44. The van der Waals surface area contributed by atoms with Crippen LogP contribution in [0.2, 0.25) is 0 Å². The monoisotopic (exact) mass is 411 g/mol. The average molecular weight is 412 g/mol. The van der Waals surface area contributed by atoms with E-state index in [0.717, 1.165) is 44.4 Å². The van der Waals surface area contributed by atoms with Gasteiger partial charge in [0.1, 0.15) is 10.6 Å². The summed E-state index contributed by atoms with van der Waals surface area (Å²) in [7, 11) is 0. The van der Waals surface area contributed by atoms with Crippen LogP contribution in [0.3, 0.4) is 0 Å². The first kappa shape index (κ1) is 17.2. The number of aromatic nitrogens is 2. The van der Waals surface area contributed by atoms with Gasteiger partial charge in [0.2, 0.25) is 0 Å². The molecule has 0 saturated heterocycles. The highest BCUT2D eigenvalue weighted by Gasteiger charge is 2.31. The summed E-state index contributed by atoms with van der Waals surface area (Å²) >= 11 is 6.74. The van der Waals surface area contributed by atoms with E-state index in [2.05, 4.69) is 48.3 Å². The molecule has 0 aromatic carbocycles. The van der Waals surface area contributed by atoms with Crippen molar-refractivity contribution in [2.24, 2.45) is 11.3 Å². The summed E-state index contributed by atoms with van der Waals surface area (Å²) in [5.41, 5.74) is 8.00. The van der Waals surface area contributed by atoms with E-state index < -0.39 is 0 Å². The number of nitrogen functional groups attached to an aromatic ring is 1. The Morgan fingerprint density at radius 2 is 2.17 bits per heavy atom. The summed E-state index contributed by atoms with van der Waals surface area (Å²) in [6, 6.07) is 0. The minimum atomic E-state index is 0.350. The zero-order valence-electron chi connectivity index (χ0n) is 13.8. The van der Waals surface area contributed by atoms with Crippen molar-refractivity contribution < 1.29 is 0 Å². The molecule has 2 aromatic heterocycles. The maximum atomic E-state index is 6.26. The molecular weight excluding hydrogens is 390 g/mol. The van der Waals surface area contributed by atoms with E-state index in [9.17, 15) is 0 Å². The summed E-state index contributed by atoms with van der Waals surface area (Å²) < 4.78 is 0.934. The van der Waals surface area contributed by atoms with E-state index in [1.165, 1.54) is 16.9 Å². The van der Waals surface area contributed by atoms with Gasteiger partial charge < -0.3 is 5.73 Å². The molecule has 0 spiro atoms. The minimum absolute atomic E-state index is 0.350. The van der Waals surface area contributed by atoms with Gasteiger partial charge in [0.15, 0.2) is 5.16 Å². The second kappa shape index (κ2) is 6.37. The molecule has 0 amide bonds. The van der Waals surface area contributed by atoms with Crippen LogP contribution in [0, 0.1) is 11.3 Å². The number of halogens is 1. The van der Waals surface area contributed by atoms with Gasteiger partial charge in [-0.25, -0.2) is 9.97 Å². The normalized spacial score (nSPS) is 18.2. The summed E-state index contributed by atoms with van der Waals surface area (Å²) in [5.74, 6) is 2.11. The fraction of sp³-hybridized carbons (Fsp3) is 0.529. The number of nitrogens with two attached hydrogens (primary N) is 1. The third-order valence-electron chi connectivity index (χ3n) is 4.50. The molecule has 3 rings (SSSR count). The molecule has 0 saturated carbocycles. The van der Waals surface area contributed by atoms with Crippen molar-refractivity contribution in [1.82, 2.24) is 9.97 Å². The van der Waals surface area contributed by atoms with Crippen LogP contribution in [-0.2, 0) is 12.8 Å². The molecule has 2 aromatic rings. The Morgan fingerprint density at radius 1 is 1.43 bits per heavy atom. The molecule has 0 radical (unpaired) electrons. The fourth-order valence-electron chi connectivity index (χ4n) is 3.13. The lowest BCUT2D eigenvalue weighted by molar-refractivity contribution is 0.218. The second-order valence-corrected chi connectivity index (χ2v) is 10.3. The number of fused-ring (bicyclic) bond motifs is 3. The first-order valence-corrected chi connectivity index (χ1v) is 10.4. The Hall–Kier alpha value is -0.590. The van der Waals surface area contributed by atoms with E-state index >= 15 is 0 Å². The molecule has 2 N–H and O–H groups in total. The van der Waals surface area contributed by atoms with Crippen LogP contribution in [0.4, 0.5) is 5.82 Å². The van der Waals surface area contributed by atoms with Crippen molar-refractivity contribution in [2.45, 2.75) is 45.2 Å². The third kappa shape index (κ3) is 3.59. The van der Waals surface area contributed by atoms with Crippen LogP contribution >= 0.6 is 39.0 Å². The molecule has 2 heterocycles. The summed E-state index contributed by atoms with van der Waals surface area (Å²) in [5, 5.41) is 1.83. The number of hydrogen-bond acceptors (Lipinski definition) is 5. The zero-order valence-corrected chi connectivity index (χ0v) is 17.0. The maximum Gasteiger partial charge on any atom is 0.191 e. The quantitative estimate of drug-likeness (QED) is 0.540. The second-order valence-electron chi connectivity index (χ2n) is 7.19. The van der Waals surface area contributed by atoms with Crippen LogP contribution in [0.25, 0.3) is 10.2 Å². The summed E-state index contributed by atoms with van der Waals surface area (Å²) in [6.45, 7) is 10.9. The lowest BCUT2D eigenvalue weighted by Gasteiger charge is -2.33. The van der Waals surface area contributed by atoms with Crippen LogP contribution in [0.1, 0.15) is 37.6 Å². The molecule has 1 unspecified atom stereocenters. The Morgan fingerprint density at radius 3 is 2.83 bits per heavy atom. The van der Waals surface area contributed by atoms with Gasteiger partial charge in [0.25, 0.3) is 0 Å². The zero-order chi connectivity index (χ0) is 16.8. The predicted molar refractivity (Wildman–Crippen MR) is 106 cm³/mol. The molecule has 0 bridgehead atoms.